The summed E-state index contributed by atoms with van der Waals surface area (Å²) < 4.78 is 5.10. The summed E-state index contributed by atoms with van der Waals surface area (Å²) in [7, 11) is 1.56. The SMILES string of the molecule is COc1ccc(N2C(=O)S/C(=C(/C)c3cccc(N)c3)C2=O)cc1. The van der Waals surface area contributed by atoms with Crippen molar-refractivity contribution in [2.45, 2.75) is 6.92 Å². The van der Waals surface area contributed by atoms with Crippen molar-refractivity contribution in [2.24, 2.45) is 0 Å². The molecule has 3 rings (SSSR count). The van der Waals surface area contributed by atoms with Gasteiger partial charge < -0.3 is 10.5 Å². The Morgan fingerprint density at radius 2 is 1.83 bits per heavy atom. The molecule has 0 spiro atoms. The number of thioether (sulfide) groups is 1. The largest absolute Gasteiger partial charge is 0.497 e. The van der Waals surface area contributed by atoms with Crippen molar-refractivity contribution in [2.75, 3.05) is 17.7 Å². The Morgan fingerprint density at radius 3 is 2.46 bits per heavy atom. The van der Waals surface area contributed by atoms with Gasteiger partial charge in [-0.3, -0.25) is 9.59 Å². The maximum Gasteiger partial charge on any atom is 0.298 e. The Morgan fingerprint density at radius 1 is 1.12 bits per heavy atom. The minimum atomic E-state index is -0.324. The quantitative estimate of drug-likeness (QED) is 0.677. The lowest BCUT2D eigenvalue weighted by Gasteiger charge is -2.13. The summed E-state index contributed by atoms with van der Waals surface area (Å²) in [6.07, 6.45) is 0. The molecular formula is C18H16N2O3S. The van der Waals surface area contributed by atoms with Crippen LogP contribution in [0.4, 0.5) is 16.2 Å². The Labute approximate surface area is 144 Å². The lowest BCUT2D eigenvalue weighted by atomic mass is 10.1. The van der Waals surface area contributed by atoms with E-state index in [9.17, 15) is 9.59 Å². The fourth-order valence-corrected chi connectivity index (χ4v) is 3.36. The Bertz CT molecular complexity index is 844. The van der Waals surface area contributed by atoms with Gasteiger partial charge in [-0.25, -0.2) is 4.90 Å². The fourth-order valence-electron chi connectivity index (χ4n) is 2.45. The summed E-state index contributed by atoms with van der Waals surface area (Å²) in [5, 5.41) is -0.316. The molecule has 1 aliphatic rings. The smallest absolute Gasteiger partial charge is 0.298 e. The van der Waals surface area contributed by atoms with Crippen molar-refractivity contribution in [3.63, 3.8) is 0 Å². The maximum atomic E-state index is 12.7. The van der Waals surface area contributed by atoms with Crippen molar-refractivity contribution in [3.05, 3.63) is 59.0 Å². The van der Waals surface area contributed by atoms with Gasteiger partial charge in [0, 0.05) is 5.69 Å². The first kappa shape index (κ1) is 16.1. The molecule has 0 aliphatic carbocycles. The van der Waals surface area contributed by atoms with Crippen LogP contribution in [0.5, 0.6) is 5.75 Å². The summed E-state index contributed by atoms with van der Waals surface area (Å²) in [4.78, 5) is 26.7. The van der Waals surface area contributed by atoms with Gasteiger partial charge in [0.2, 0.25) is 0 Å². The van der Waals surface area contributed by atoms with Crippen LogP contribution in [0.25, 0.3) is 5.57 Å². The lowest BCUT2D eigenvalue weighted by Crippen LogP contribution is -2.27. The minimum Gasteiger partial charge on any atom is -0.497 e. The predicted octanol–water partition coefficient (Wildman–Crippen LogP) is 3.91. The summed E-state index contributed by atoms with van der Waals surface area (Å²) in [5.41, 5.74) is 8.50. The molecular weight excluding hydrogens is 324 g/mol. The molecule has 24 heavy (non-hydrogen) atoms. The highest BCUT2D eigenvalue weighted by Gasteiger charge is 2.37. The van der Waals surface area contributed by atoms with Crippen molar-refractivity contribution in [1.29, 1.82) is 0 Å². The molecule has 2 N–H and O–H groups in total. The van der Waals surface area contributed by atoms with Crippen LogP contribution in [-0.2, 0) is 4.79 Å². The van der Waals surface area contributed by atoms with E-state index < -0.39 is 0 Å². The number of ether oxygens (including phenoxy) is 1. The second-order valence-electron chi connectivity index (χ2n) is 5.29. The predicted molar refractivity (Wildman–Crippen MR) is 96.9 cm³/mol. The summed E-state index contributed by atoms with van der Waals surface area (Å²) in [6, 6.07) is 14.1. The van der Waals surface area contributed by atoms with E-state index in [-0.39, 0.29) is 11.1 Å². The molecule has 122 valence electrons. The topological polar surface area (TPSA) is 72.6 Å². The number of hydrogen-bond donors (Lipinski definition) is 1. The van der Waals surface area contributed by atoms with Gasteiger partial charge in [0.05, 0.1) is 17.7 Å². The molecule has 0 unspecified atom stereocenters. The number of methoxy groups -OCH3 is 1. The number of rotatable bonds is 3. The Kier molecular flexibility index (Phi) is 4.31. The van der Waals surface area contributed by atoms with Gasteiger partial charge >= 0.3 is 0 Å². The Balaban J connectivity index is 1.97. The van der Waals surface area contributed by atoms with Gasteiger partial charge in [0.25, 0.3) is 11.1 Å². The van der Waals surface area contributed by atoms with Gasteiger partial charge in [-0.2, -0.15) is 0 Å². The van der Waals surface area contributed by atoms with Crippen LogP contribution in [0, 0.1) is 0 Å². The standard InChI is InChI=1S/C18H16N2O3S/c1-11(12-4-3-5-13(19)10-12)16-17(21)20(18(22)24-16)14-6-8-15(23-2)9-7-14/h3-10H,19H2,1-2H3/b16-11-. The molecule has 0 radical (unpaired) electrons. The molecule has 1 heterocycles. The fraction of sp³-hybridized carbons (Fsp3) is 0.111. The highest BCUT2D eigenvalue weighted by atomic mass is 32.2. The van der Waals surface area contributed by atoms with E-state index in [1.807, 2.05) is 19.1 Å². The number of imide groups is 1. The van der Waals surface area contributed by atoms with Crippen LogP contribution in [-0.4, -0.2) is 18.3 Å². The van der Waals surface area contributed by atoms with Crippen LogP contribution < -0.4 is 15.4 Å². The van der Waals surface area contributed by atoms with E-state index >= 15 is 0 Å². The number of benzene rings is 2. The molecule has 1 aliphatic heterocycles. The zero-order valence-corrected chi connectivity index (χ0v) is 14.1. The molecule has 5 nitrogen and oxygen atoms in total. The van der Waals surface area contributed by atoms with Crippen LogP contribution in [0.3, 0.4) is 0 Å². The highest BCUT2D eigenvalue weighted by Crippen LogP contribution is 2.39. The zero-order chi connectivity index (χ0) is 17.3. The zero-order valence-electron chi connectivity index (χ0n) is 13.3. The van der Waals surface area contributed by atoms with Gasteiger partial charge in [-0.15, -0.1) is 0 Å². The molecule has 6 heteroatoms. The first-order valence-electron chi connectivity index (χ1n) is 7.28. The monoisotopic (exact) mass is 340 g/mol. The number of hydrogen-bond acceptors (Lipinski definition) is 5. The Hall–Kier alpha value is -2.73. The minimum absolute atomic E-state index is 0.316. The number of anilines is 2. The van der Waals surface area contributed by atoms with Crippen molar-refractivity contribution in [3.8, 4) is 5.75 Å². The van der Waals surface area contributed by atoms with E-state index in [4.69, 9.17) is 10.5 Å². The molecule has 1 saturated heterocycles. The number of allylic oxidation sites excluding steroid dienone is 1. The van der Waals surface area contributed by atoms with E-state index in [0.717, 1.165) is 22.9 Å². The number of carbonyl (C=O) groups is 2. The van der Waals surface area contributed by atoms with Crippen molar-refractivity contribution < 1.29 is 14.3 Å². The van der Waals surface area contributed by atoms with E-state index in [0.29, 0.717) is 22.0 Å². The normalized spacial score (nSPS) is 16.5. The number of nitrogens with zero attached hydrogens (tertiary/aromatic N) is 1. The van der Waals surface area contributed by atoms with Gasteiger partial charge in [-0.1, -0.05) is 12.1 Å². The van der Waals surface area contributed by atoms with E-state index in [1.54, 1.807) is 43.5 Å². The number of carbonyl (C=O) groups excluding carboxylic acids is 2. The third kappa shape index (κ3) is 2.88. The van der Waals surface area contributed by atoms with Crippen molar-refractivity contribution >= 4 is 39.9 Å². The third-order valence-electron chi connectivity index (χ3n) is 3.76. The van der Waals surface area contributed by atoms with Crippen LogP contribution in [0.15, 0.2) is 53.4 Å². The second-order valence-corrected chi connectivity index (χ2v) is 6.25. The summed E-state index contributed by atoms with van der Waals surface area (Å²) in [5.74, 6) is 0.340. The molecule has 1 fully saturated rings. The first-order valence-corrected chi connectivity index (χ1v) is 8.10. The van der Waals surface area contributed by atoms with Crippen LogP contribution in [0.2, 0.25) is 0 Å². The molecule has 0 saturated carbocycles. The average molecular weight is 340 g/mol. The molecule has 2 aromatic carbocycles. The highest BCUT2D eigenvalue weighted by molar-refractivity contribution is 8.19. The van der Waals surface area contributed by atoms with Gasteiger partial charge in [-0.05, 0) is 66.2 Å². The van der Waals surface area contributed by atoms with Crippen molar-refractivity contribution in [1.82, 2.24) is 0 Å². The number of nitrogen functional groups attached to an aromatic ring is 1. The molecule has 2 amide bonds. The summed E-state index contributed by atoms with van der Waals surface area (Å²) in [6.45, 7) is 1.82. The number of nitrogens with two attached hydrogens (primary N) is 1. The second kappa shape index (κ2) is 6.41. The van der Waals surface area contributed by atoms with Gasteiger partial charge in [0.1, 0.15) is 5.75 Å². The molecule has 0 aromatic heterocycles. The lowest BCUT2D eigenvalue weighted by molar-refractivity contribution is -0.113. The van der Waals surface area contributed by atoms with E-state index in [1.165, 1.54) is 4.90 Å². The molecule has 0 atom stereocenters. The maximum absolute atomic E-state index is 12.7. The number of amides is 2. The average Bonchev–Trinajstić information content (AvgIpc) is 2.89. The first-order chi connectivity index (χ1) is 11.5. The summed E-state index contributed by atoms with van der Waals surface area (Å²) >= 11 is 0.940. The van der Waals surface area contributed by atoms with E-state index in [2.05, 4.69) is 0 Å². The third-order valence-corrected chi connectivity index (χ3v) is 4.80. The van der Waals surface area contributed by atoms with Crippen LogP contribution in [0.1, 0.15) is 12.5 Å². The molecule has 0 bridgehead atoms. The van der Waals surface area contributed by atoms with Crippen LogP contribution >= 0.6 is 11.8 Å². The van der Waals surface area contributed by atoms with Gasteiger partial charge in [0.15, 0.2) is 0 Å². The molecule has 2 aromatic rings.